The molecule has 3 aromatic rings. The third-order valence-electron chi connectivity index (χ3n) is 4.37. The monoisotopic (exact) mass is 376 g/mol. The summed E-state index contributed by atoms with van der Waals surface area (Å²) >= 11 is 0. The van der Waals surface area contributed by atoms with E-state index in [-0.39, 0.29) is 6.04 Å². The summed E-state index contributed by atoms with van der Waals surface area (Å²) < 4.78 is 11.7. The summed E-state index contributed by atoms with van der Waals surface area (Å²) in [4.78, 5) is 4.28. The van der Waals surface area contributed by atoms with Crippen molar-refractivity contribution in [1.29, 1.82) is 5.26 Å². The average Bonchev–Trinajstić information content (AvgIpc) is 3.17. The van der Waals surface area contributed by atoms with Crippen molar-refractivity contribution in [1.82, 2.24) is 10.6 Å². The summed E-state index contributed by atoms with van der Waals surface area (Å²) in [5, 5.41) is 16.5. The Balaban J connectivity index is 1.66. The van der Waals surface area contributed by atoms with Crippen LogP contribution in [0.5, 0.6) is 5.75 Å². The van der Waals surface area contributed by atoms with Crippen LogP contribution >= 0.6 is 0 Å². The number of nitrogens with zero attached hydrogens (tertiary/aromatic N) is 2. The molecule has 0 bridgehead atoms. The van der Waals surface area contributed by atoms with Gasteiger partial charge in [0.1, 0.15) is 5.76 Å². The molecule has 3 rings (SSSR count). The van der Waals surface area contributed by atoms with Crippen molar-refractivity contribution in [2.45, 2.75) is 26.4 Å². The van der Waals surface area contributed by atoms with Crippen molar-refractivity contribution in [2.75, 3.05) is 13.7 Å². The largest absolute Gasteiger partial charge is 0.490 e. The van der Waals surface area contributed by atoms with Crippen LogP contribution in [-0.2, 0) is 6.54 Å². The van der Waals surface area contributed by atoms with Gasteiger partial charge in [0.25, 0.3) is 0 Å². The number of ether oxygens (including phenoxy) is 1. The van der Waals surface area contributed by atoms with E-state index in [0.29, 0.717) is 24.7 Å². The van der Waals surface area contributed by atoms with E-state index in [0.717, 1.165) is 28.0 Å². The SMILES string of the molecule is CCOc1cccc2cc(C(C)NC(=NC)NCc3ccc(C#N)cc3)oc12. The van der Waals surface area contributed by atoms with Crippen molar-refractivity contribution in [3.05, 3.63) is 65.4 Å². The minimum absolute atomic E-state index is 0.0750. The van der Waals surface area contributed by atoms with E-state index in [1.54, 1.807) is 19.2 Å². The van der Waals surface area contributed by atoms with E-state index < -0.39 is 0 Å². The fourth-order valence-electron chi connectivity index (χ4n) is 2.89. The number of rotatable bonds is 6. The lowest BCUT2D eigenvalue weighted by atomic mass is 10.1. The molecule has 0 aliphatic heterocycles. The zero-order valence-electron chi connectivity index (χ0n) is 16.3. The van der Waals surface area contributed by atoms with Gasteiger partial charge in [0, 0.05) is 19.0 Å². The predicted octanol–water partition coefficient (Wildman–Crippen LogP) is 4.13. The molecule has 1 atom stereocenters. The molecule has 2 N–H and O–H groups in total. The number of nitrogens with one attached hydrogen (secondary N) is 2. The topological polar surface area (TPSA) is 82.6 Å². The quantitative estimate of drug-likeness (QED) is 0.499. The number of nitriles is 1. The second-order valence-corrected chi connectivity index (χ2v) is 6.36. The Morgan fingerprint density at radius 1 is 1.25 bits per heavy atom. The van der Waals surface area contributed by atoms with E-state index >= 15 is 0 Å². The zero-order chi connectivity index (χ0) is 19.9. The maximum absolute atomic E-state index is 8.88. The molecule has 0 spiro atoms. The van der Waals surface area contributed by atoms with Gasteiger partial charge < -0.3 is 19.8 Å². The summed E-state index contributed by atoms with van der Waals surface area (Å²) in [7, 11) is 1.73. The van der Waals surface area contributed by atoms with Crippen molar-refractivity contribution in [3.8, 4) is 11.8 Å². The fourth-order valence-corrected chi connectivity index (χ4v) is 2.89. The molecule has 0 saturated heterocycles. The molecule has 1 heterocycles. The van der Waals surface area contributed by atoms with Crippen LogP contribution in [0.1, 0.15) is 36.8 Å². The van der Waals surface area contributed by atoms with Crippen LogP contribution in [0.4, 0.5) is 0 Å². The molecule has 0 aliphatic carbocycles. The van der Waals surface area contributed by atoms with Crippen LogP contribution in [0.2, 0.25) is 0 Å². The Morgan fingerprint density at radius 3 is 2.71 bits per heavy atom. The molecule has 0 aliphatic rings. The Hall–Kier alpha value is -3.46. The maximum atomic E-state index is 8.88. The third-order valence-corrected chi connectivity index (χ3v) is 4.37. The standard InChI is InChI=1S/C22H24N4O2/c1-4-27-19-7-5-6-18-12-20(28-21(18)19)15(2)26-22(24-3)25-14-17-10-8-16(13-23)9-11-17/h5-12,15H,4,14H2,1-3H3,(H2,24,25,26). The van der Waals surface area contributed by atoms with Crippen molar-refractivity contribution < 1.29 is 9.15 Å². The van der Waals surface area contributed by atoms with Crippen LogP contribution in [0.15, 0.2) is 57.9 Å². The molecule has 1 aromatic heterocycles. The van der Waals surface area contributed by atoms with Crippen LogP contribution < -0.4 is 15.4 Å². The molecule has 6 heteroatoms. The Kier molecular flexibility index (Phi) is 6.18. The van der Waals surface area contributed by atoms with Gasteiger partial charge >= 0.3 is 0 Å². The van der Waals surface area contributed by atoms with Gasteiger partial charge in [-0.3, -0.25) is 4.99 Å². The second-order valence-electron chi connectivity index (χ2n) is 6.36. The predicted molar refractivity (Wildman–Crippen MR) is 110 cm³/mol. The number of fused-ring (bicyclic) bond motifs is 1. The van der Waals surface area contributed by atoms with Gasteiger partial charge in [-0.25, -0.2) is 0 Å². The molecule has 0 amide bonds. The molecule has 0 fully saturated rings. The summed E-state index contributed by atoms with van der Waals surface area (Å²) in [5.74, 6) is 2.23. The first kappa shape index (κ1) is 19.3. The zero-order valence-corrected chi connectivity index (χ0v) is 16.3. The van der Waals surface area contributed by atoms with E-state index in [9.17, 15) is 0 Å². The minimum atomic E-state index is -0.0750. The molecule has 2 aromatic carbocycles. The molecular formula is C22H24N4O2. The van der Waals surface area contributed by atoms with Gasteiger partial charge in [-0.15, -0.1) is 0 Å². The second kappa shape index (κ2) is 8.96. The maximum Gasteiger partial charge on any atom is 0.191 e. The first-order chi connectivity index (χ1) is 13.6. The summed E-state index contributed by atoms with van der Waals surface area (Å²) in [5.41, 5.74) is 2.48. The molecule has 0 radical (unpaired) electrons. The van der Waals surface area contributed by atoms with Gasteiger partial charge in [0.2, 0.25) is 0 Å². The van der Waals surface area contributed by atoms with Crippen LogP contribution in [0.3, 0.4) is 0 Å². The lowest BCUT2D eigenvalue weighted by Crippen LogP contribution is -2.38. The van der Waals surface area contributed by atoms with Gasteiger partial charge in [0.05, 0.1) is 24.3 Å². The third kappa shape index (κ3) is 4.44. The number of guanidine groups is 1. The molecule has 144 valence electrons. The first-order valence-corrected chi connectivity index (χ1v) is 9.26. The fraction of sp³-hybridized carbons (Fsp3) is 0.273. The highest BCUT2D eigenvalue weighted by Gasteiger charge is 2.15. The van der Waals surface area contributed by atoms with E-state index in [1.165, 1.54) is 0 Å². The average molecular weight is 376 g/mol. The van der Waals surface area contributed by atoms with Crippen molar-refractivity contribution >= 4 is 16.9 Å². The van der Waals surface area contributed by atoms with E-state index in [2.05, 4.69) is 21.7 Å². The summed E-state index contributed by atoms with van der Waals surface area (Å²) in [6.07, 6.45) is 0. The smallest absolute Gasteiger partial charge is 0.191 e. The van der Waals surface area contributed by atoms with Gasteiger partial charge in [-0.05, 0) is 43.7 Å². The van der Waals surface area contributed by atoms with Gasteiger partial charge in [-0.1, -0.05) is 24.3 Å². The molecular weight excluding hydrogens is 352 g/mol. The number of hydrogen-bond donors (Lipinski definition) is 2. The van der Waals surface area contributed by atoms with Crippen LogP contribution in [0, 0.1) is 11.3 Å². The lowest BCUT2D eigenvalue weighted by Gasteiger charge is -2.16. The highest BCUT2D eigenvalue weighted by molar-refractivity contribution is 5.84. The summed E-state index contributed by atoms with van der Waals surface area (Å²) in [6.45, 7) is 5.17. The Bertz CT molecular complexity index is 1000. The molecule has 1 unspecified atom stereocenters. The number of hydrogen-bond acceptors (Lipinski definition) is 4. The lowest BCUT2D eigenvalue weighted by molar-refractivity contribution is 0.336. The number of benzene rings is 2. The highest BCUT2D eigenvalue weighted by Crippen LogP contribution is 2.31. The van der Waals surface area contributed by atoms with Gasteiger partial charge in [0.15, 0.2) is 17.3 Å². The molecule has 6 nitrogen and oxygen atoms in total. The van der Waals surface area contributed by atoms with Gasteiger partial charge in [-0.2, -0.15) is 5.26 Å². The number of furan rings is 1. The normalized spacial score (nSPS) is 12.4. The minimum Gasteiger partial charge on any atom is -0.490 e. The molecule has 28 heavy (non-hydrogen) atoms. The Morgan fingerprint density at radius 2 is 2.04 bits per heavy atom. The number of aliphatic imine (C=N–C) groups is 1. The van der Waals surface area contributed by atoms with Crippen LogP contribution in [0.25, 0.3) is 11.0 Å². The van der Waals surface area contributed by atoms with E-state index in [4.69, 9.17) is 14.4 Å². The summed E-state index contributed by atoms with van der Waals surface area (Å²) in [6, 6.07) is 17.4. The molecule has 0 saturated carbocycles. The van der Waals surface area contributed by atoms with E-state index in [1.807, 2.05) is 50.2 Å². The Labute approximate surface area is 164 Å². The first-order valence-electron chi connectivity index (χ1n) is 9.26. The van der Waals surface area contributed by atoms with Crippen molar-refractivity contribution in [3.63, 3.8) is 0 Å². The highest BCUT2D eigenvalue weighted by atomic mass is 16.5. The number of para-hydroxylation sites is 1. The van der Waals surface area contributed by atoms with Crippen molar-refractivity contribution in [2.24, 2.45) is 4.99 Å². The van der Waals surface area contributed by atoms with Crippen LogP contribution in [-0.4, -0.2) is 19.6 Å².